The first-order chi connectivity index (χ1) is 14.3. The summed E-state index contributed by atoms with van der Waals surface area (Å²) in [5.74, 6) is -0.687. The topological polar surface area (TPSA) is 69.7 Å². The van der Waals surface area contributed by atoms with Crippen LogP contribution in [0.1, 0.15) is 43.9 Å². The van der Waals surface area contributed by atoms with Gasteiger partial charge in [0.2, 0.25) is 5.91 Å². The molecule has 156 valence electrons. The molecule has 0 saturated carbocycles. The fourth-order valence-corrected chi connectivity index (χ4v) is 4.45. The average molecular weight is 405 g/mol. The van der Waals surface area contributed by atoms with Crippen molar-refractivity contribution >= 4 is 23.5 Å². The van der Waals surface area contributed by atoms with E-state index in [0.717, 1.165) is 35.4 Å². The number of carbonyl (C=O) groups excluding carboxylic acids is 3. The number of anilines is 1. The number of rotatable bonds is 5. The van der Waals surface area contributed by atoms with Crippen molar-refractivity contribution in [2.75, 3.05) is 11.4 Å². The molecule has 1 aliphatic carbocycles. The lowest BCUT2D eigenvalue weighted by Gasteiger charge is -2.28. The van der Waals surface area contributed by atoms with Gasteiger partial charge in [0, 0.05) is 11.7 Å². The monoisotopic (exact) mass is 405 g/mol. The number of benzene rings is 2. The summed E-state index contributed by atoms with van der Waals surface area (Å²) in [5, 5.41) is 2.82. The van der Waals surface area contributed by atoms with Crippen LogP contribution in [0.15, 0.2) is 48.5 Å². The van der Waals surface area contributed by atoms with E-state index in [0.29, 0.717) is 0 Å². The van der Waals surface area contributed by atoms with Crippen LogP contribution >= 0.6 is 0 Å². The molecule has 1 aliphatic heterocycles. The summed E-state index contributed by atoms with van der Waals surface area (Å²) in [7, 11) is 0. The molecule has 1 heterocycles. The maximum absolute atomic E-state index is 13.3. The normalized spacial score (nSPS) is 20.5. The third-order valence-corrected chi connectivity index (χ3v) is 6.06. The van der Waals surface area contributed by atoms with E-state index in [4.69, 9.17) is 0 Å². The molecule has 0 spiro atoms. The fraction of sp³-hybridized carbons (Fsp3) is 0.375. The molecule has 1 atom stereocenters. The Morgan fingerprint density at radius 2 is 1.80 bits per heavy atom. The molecule has 0 bridgehead atoms. The van der Waals surface area contributed by atoms with Crippen LogP contribution in [0, 0.1) is 0 Å². The maximum atomic E-state index is 13.3. The smallest absolute Gasteiger partial charge is 0.319 e. The predicted molar refractivity (Wildman–Crippen MR) is 115 cm³/mol. The summed E-state index contributed by atoms with van der Waals surface area (Å²) in [5.41, 5.74) is 2.89. The van der Waals surface area contributed by atoms with E-state index in [2.05, 4.69) is 5.32 Å². The third kappa shape index (κ3) is 3.36. The predicted octanol–water partition coefficient (Wildman–Crippen LogP) is 3.38. The van der Waals surface area contributed by atoms with Crippen LogP contribution in [0.4, 0.5) is 10.5 Å². The number of hydrogen-bond donors (Lipinski definition) is 1. The lowest BCUT2D eigenvalue weighted by molar-refractivity contribution is -0.134. The van der Waals surface area contributed by atoms with Crippen molar-refractivity contribution in [2.24, 2.45) is 0 Å². The first kappa shape index (κ1) is 20.1. The molecule has 1 fully saturated rings. The largest absolute Gasteiger partial charge is 0.325 e. The minimum atomic E-state index is -1.16. The Morgan fingerprint density at radius 1 is 1.10 bits per heavy atom. The minimum Gasteiger partial charge on any atom is -0.319 e. The van der Waals surface area contributed by atoms with Crippen LogP contribution in [0.5, 0.6) is 0 Å². The van der Waals surface area contributed by atoms with Crippen molar-refractivity contribution in [3.63, 3.8) is 0 Å². The van der Waals surface area contributed by atoms with Crippen molar-refractivity contribution in [2.45, 2.75) is 51.6 Å². The quantitative estimate of drug-likeness (QED) is 0.776. The van der Waals surface area contributed by atoms with Gasteiger partial charge in [0.1, 0.15) is 12.1 Å². The molecule has 1 N–H and O–H groups in total. The van der Waals surface area contributed by atoms with Crippen molar-refractivity contribution in [1.29, 1.82) is 0 Å². The molecule has 2 aliphatic rings. The van der Waals surface area contributed by atoms with Crippen LogP contribution < -0.4 is 10.2 Å². The molecule has 6 nitrogen and oxygen atoms in total. The number of urea groups is 1. The van der Waals surface area contributed by atoms with Gasteiger partial charge in [-0.3, -0.25) is 14.5 Å². The summed E-state index contributed by atoms with van der Waals surface area (Å²) >= 11 is 0. The average Bonchev–Trinajstić information content (AvgIpc) is 3.27. The van der Waals surface area contributed by atoms with E-state index in [1.807, 2.05) is 62.4 Å². The first-order valence-electron chi connectivity index (χ1n) is 10.4. The molecular weight excluding hydrogens is 378 g/mol. The second-order valence-electron chi connectivity index (χ2n) is 8.48. The Morgan fingerprint density at radius 3 is 2.50 bits per heavy atom. The van der Waals surface area contributed by atoms with Gasteiger partial charge in [-0.1, -0.05) is 36.4 Å². The van der Waals surface area contributed by atoms with Gasteiger partial charge in [-0.25, -0.2) is 4.79 Å². The van der Waals surface area contributed by atoms with Crippen molar-refractivity contribution in [3.05, 3.63) is 65.2 Å². The van der Waals surface area contributed by atoms with E-state index in [1.165, 1.54) is 11.1 Å². The molecule has 0 radical (unpaired) electrons. The van der Waals surface area contributed by atoms with Crippen molar-refractivity contribution in [1.82, 2.24) is 10.2 Å². The zero-order valence-corrected chi connectivity index (χ0v) is 17.6. The Hall–Kier alpha value is -3.15. The van der Waals surface area contributed by atoms with Crippen LogP contribution in [0.2, 0.25) is 0 Å². The molecule has 1 saturated heterocycles. The van der Waals surface area contributed by atoms with Gasteiger partial charge in [-0.05, 0) is 68.9 Å². The summed E-state index contributed by atoms with van der Waals surface area (Å²) in [6, 6.07) is 14.6. The highest BCUT2D eigenvalue weighted by Crippen LogP contribution is 2.32. The molecule has 4 amide bonds. The SMILES string of the molecule is CC(C)N(C(=O)CN1C(=O)N[C@@](C)(c2ccc3c(c2)CCC3)C1=O)c1ccccc1. The molecular formula is C24H27N3O3. The number of para-hydroxylation sites is 1. The van der Waals surface area contributed by atoms with Gasteiger partial charge in [0.05, 0.1) is 0 Å². The second kappa shape index (κ2) is 7.59. The number of amides is 4. The van der Waals surface area contributed by atoms with E-state index < -0.39 is 17.5 Å². The number of carbonyl (C=O) groups is 3. The standard InChI is InChI=1S/C24H27N3O3/c1-16(2)27(20-10-5-4-6-11-20)21(28)15-26-22(29)24(3,25-23(26)30)19-13-12-17-8-7-9-18(17)14-19/h4-6,10-14,16H,7-9,15H2,1-3H3,(H,25,30)/t24-/m0/s1. The van der Waals surface area contributed by atoms with E-state index in [-0.39, 0.29) is 18.5 Å². The van der Waals surface area contributed by atoms with Gasteiger partial charge in [-0.2, -0.15) is 0 Å². The summed E-state index contributed by atoms with van der Waals surface area (Å²) in [4.78, 5) is 41.7. The zero-order valence-electron chi connectivity index (χ0n) is 17.6. The molecule has 6 heteroatoms. The Kier molecular flexibility index (Phi) is 5.10. The molecule has 4 rings (SSSR count). The number of hydrogen-bond acceptors (Lipinski definition) is 3. The van der Waals surface area contributed by atoms with Gasteiger partial charge in [0.15, 0.2) is 0 Å². The Bertz CT molecular complexity index is 1000. The molecule has 2 aromatic carbocycles. The van der Waals surface area contributed by atoms with Crippen LogP contribution in [0.25, 0.3) is 0 Å². The minimum absolute atomic E-state index is 0.108. The van der Waals surface area contributed by atoms with E-state index in [9.17, 15) is 14.4 Å². The van der Waals surface area contributed by atoms with Gasteiger partial charge in [0.25, 0.3) is 5.91 Å². The number of nitrogens with zero attached hydrogens (tertiary/aromatic N) is 2. The van der Waals surface area contributed by atoms with Crippen molar-refractivity contribution in [3.8, 4) is 0 Å². The lowest BCUT2D eigenvalue weighted by Crippen LogP contribution is -2.46. The van der Waals surface area contributed by atoms with Gasteiger partial charge >= 0.3 is 6.03 Å². The first-order valence-corrected chi connectivity index (χ1v) is 10.4. The summed E-state index contributed by atoms with van der Waals surface area (Å²) in [6.07, 6.45) is 3.16. The highest BCUT2D eigenvalue weighted by molar-refractivity contribution is 6.10. The van der Waals surface area contributed by atoms with Crippen LogP contribution in [0.3, 0.4) is 0 Å². The highest BCUT2D eigenvalue weighted by atomic mass is 16.2. The van der Waals surface area contributed by atoms with Gasteiger partial charge < -0.3 is 10.2 Å². The molecule has 0 aromatic heterocycles. The second-order valence-corrected chi connectivity index (χ2v) is 8.48. The number of nitrogens with one attached hydrogen (secondary N) is 1. The van der Waals surface area contributed by atoms with Gasteiger partial charge in [-0.15, -0.1) is 0 Å². The number of fused-ring (bicyclic) bond motifs is 1. The number of imide groups is 1. The summed E-state index contributed by atoms with van der Waals surface area (Å²) in [6.45, 7) is 5.24. The molecule has 30 heavy (non-hydrogen) atoms. The summed E-state index contributed by atoms with van der Waals surface area (Å²) < 4.78 is 0. The van der Waals surface area contributed by atoms with Crippen LogP contribution in [-0.4, -0.2) is 35.3 Å². The lowest BCUT2D eigenvalue weighted by atomic mass is 9.89. The fourth-order valence-electron chi connectivity index (χ4n) is 4.45. The van der Waals surface area contributed by atoms with E-state index in [1.54, 1.807) is 11.8 Å². The zero-order chi connectivity index (χ0) is 21.5. The molecule has 0 unspecified atom stereocenters. The Labute approximate surface area is 176 Å². The van der Waals surface area contributed by atoms with E-state index >= 15 is 0 Å². The van der Waals surface area contributed by atoms with Crippen LogP contribution in [-0.2, 0) is 28.0 Å². The highest BCUT2D eigenvalue weighted by Gasteiger charge is 2.50. The Balaban J connectivity index is 1.57. The maximum Gasteiger partial charge on any atom is 0.325 e. The third-order valence-electron chi connectivity index (χ3n) is 6.06. The number of aryl methyl sites for hydroxylation is 2. The van der Waals surface area contributed by atoms with Crippen molar-refractivity contribution < 1.29 is 14.4 Å². The molecule has 2 aromatic rings.